The molecule has 17 heavy (non-hydrogen) atoms. The zero-order chi connectivity index (χ0) is 12.1. The van der Waals surface area contributed by atoms with Crippen molar-refractivity contribution in [2.24, 2.45) is 0 Å². The number of hydrogen-bond donors (Lipinski definition) is 2. The van der Waals surface area contributed by atoms with Crippen LogP contribution in [0.1, 0.15) is 37.4 Å². The Morgan fingerprint density at radius 2 is 2.53 bits per heavy atom. The van der Waals surface area contributed by atoms with Crippen molar-refractivity contribution in [2.75, 3.05) is 19.7 Å². The lowest BCUT2D eigenvalue weighted by atomic mass is 9.97. The number of carbonyl (C=O) groups excluding carboxylic acids is 1. The number of nitrogens with zero attached hydrogens (tertiary/aromatic N) is 2. The molecule has 2 rings (SSSR count). The van der Waals surface area contributed by atoms with E-state index in [2.05, 4.69) is 9.97 Å². The Hall–Kier alpha value is -1.36. The van der Waals surface area contributed by atoms with Crippen molar-refractivity contribution in [1.82, 2.24) is 14.9 Å². The van der Waals surface area contributed by atoms with Crippen LogP contribution in [-0.4, -0.2) is 45.6 Å². The highest BCUT2D eigenvalue weighted by Crippen LogP contribution is 2.24. The van der Waals surface area contributed by atoms with Gasteiger partial charge in [0.25, 0.3) is 0 Å². The maximum Gasteiger partial charge on any atom is 0.222 e. The molecule has 2 heterocycles. The first kappa shape index (κ1) is 12.1. The molecule has 1 amide bonds. The smallest absolute Gasteiger partial charge is 0.222 e. The fraction of sp³-hybridized carbons (Fsp3) is 0.667. The first-order valence-corrected chi connectivity index (χ1v) is 6.19. The molecule has 0 radical (unpaired) electrons. The number of aliphatic hydroxyl groups excluding tert-OH is 1. The maximum absolute atomic E-state index is 11.9. The second-order valence-corrected chi connectivity index (χ2v) is 4.48. The van der Waals surface area contributed by atoms with E-state index >= 15 is 0 Å². The van der Waals surface area contributed by atoms with Crippen LogP contribution in [0.2, 0.25) is 0 Å². The number of rotatable bonds is 4. The molecule has 0 bridgehead atoms. The number of imidazole rings is 1. The van der Waals surface area contributed by atoms with E-state index in [0.717, 1.165) is 31.8 Å². The third-order valence-corrected chi connectivity index (χ3v) is 3.23. The van der Waals surface area contributed by atoms with Crippen molar-refractivity contribution in [3.8, 4) is 0 Å². The molecule has 1 aliphatic rings. The number of aliphatic hydroxyl groups is 1. The summed E-state index contributed by atoms with van der Waals surface area (Å²) in [4.78, 5) is 21.1. The van der Waals surface area contributed by atoms with Gasteiger partial charge in [0.1, 0.15) is 5.82 Å². The van der Waals surface area contributed by atoms with Gasteiger partial charge in [-0.2, -0.15) is 0 Å². The fourth-order valence-corrected chi connectivity index (χ4v) is 2.32. The van der Waals surface area contributed by atoms with Gasteiger partial charge in [0.15, 0.2) is 0 Å². The molecule has 1 aromatic heterocycles. The molecule has 0 spiro atoms. The summed E-state index contributed by atoms with van der Waals surface area (Å²) < 4.78 is 0. The number of hydrogen-bond acceptors (Lipinski definition) is 3. The predicted octanol–water partition coefficient (Wildman–Crippen LogP) is 0.888. The Labute approximate surface area is 101 Å². The molecule has 5 heteroatoms. The van der Waals surface area contributed by atoms with Crippen LogP contribution in [-0.2, 0) is 4.79 Å². The number of H-pyrrole nitrogens is 1. The van der Waals surface area contributed by atoms with Crippen LogP contribution in [0, 0.1) is 0 Å². The van der Waals surface area contributed by atoms with E-state index in [1.807, 2.05) is 11.1 Å². The number of amides is 1. The second kappa shape index (κ2) is 5.82. The molecule has 1 atom stereocenters. The Kier molecular flexibility index (Phi) is 4.14. The summed E-state index contributed by atoms with van der Waals surface area (Å²) in [5.74, 6) is 1.46. The minimum absolute atomic E-state index is 0.0845. The minimum atomic E-state index is 0.0845. The molecule has 1 fully saturated rings. The third kappa shape index (κ3) is 3.06. The number of aromatic amines is 1. The molecular formula is C12H19N3O2. The number of piperidine rings is 1. The largest absolute Gasteiger partial charge is 0.396 e. The lowest BCUT2D eigenvalue weighted by Gasteiger charge is -2.32. The predicted molar refractivity (Wildman–Crippen MR) is 63.5 cm³/mol. The first-order chi connectivity index (χ1) is 8.31. The van der Waals surface area contributed by atoms with Crippen molar-refractivity contribution in [1.29, 1.82) is 0 Å². The second-order valence-electron chi connectivity index (χ2n) is 4.48. The van der Waals surface area contributed by atoms with Gasteiger partial charge in [-0.25, -0.2) is 4.98 Å². The van der Waals surface area contributed by atoms with E-state index in [1.54, 1.807) is 6.20 Å². The Morgan fingerprint density at radius 1 is 1.65 bits per heavy atom. The van der Waals surface area contributed by atoms with Gasteiger partial charge in [-0.3, -0.25) is 4.79 Å². The fourth-order valence-electron chi connectivity index (χ4n) is 2.32. The van der Waals surface area contributed by atoms with Gasteiger partial charge in [-0.05, 0) is 19.3 Å². The zero-order valence-corrected chi connectivity index (χ0v) is 9.93. The van der Waals surface area contributed by atoms with E-state index in [-0.39, 0.29) is 12.5 Å². The molecule has 0 saturated carbocycles. The topological polar surface area (TPSA) is 69.2 Å². The van der Waals surface area contributed by atoms with E-state index in [0.29, 0.717) is 18.8 Å². The van der Waals surface area contributed by atoms with Gasteiger partial charge in [0.05, 0.1) is 0 Å². The summed E-state index contributed by atoms with van der Waals surface area (Å²) in [6, 6.07) is 0. The zero-order valence-electron chi connectivity index (χ0n) is 9.93. The van der Waals surface area contributed by atoms with Crippen molar-refractivity contribution in [3.63, 3.8) is 0 Å². The Morgan fingerprint density at radius 3 is 3.24 bits per heavy atom. The molecular weight excluding hydrogens is 218 g/mol. The Balaban J connectivity index is 1.90. The van der Waals surface area contributed by atoms with Crippen LogP contribution in [0.5, 0.6) is 0 Å². The van der Waals surface area contributed by atoms with Crippen LogP contribution in [0.4, 0.5) is 0 Å². The van der Waals surface area contributed by atoms with Crippen molar-refractivity contribution in [2.45, 2.75) is 31.6 Å². The van der Waals surface area contributed by atoms with Crippen LogP contribution in [0.3, 0.4) is 0 Å². The van der Waals surface area contributed by atoms with Gasteiger partial charge >= 0.3 is 0 Å². The van der Waals surface area contributed by atoms with Gasteiger partial charge < -0.3 is 15.0 Å². The summed E-state index contributed by atoms with van der Waals surface area (Å²) in [6.07, 6.45) is 6.68. The lowest BCUT2D eigenvalue weighted by molar-refractivity contribution is -0.132. The highest BCUT2D eigenvalue weighted by molar-refractivity contribution is 5.76. The molecule has 1 aromatic rings. The van der Waals surface area contributed by atoms with Crippen LogP contribution < -0.4 is 0 Å². The SMILES string of the molecule is O=C(CCCO)N1CCCC(c2ncc[nH]2)C1. The number of nitrogens with one attached hydrogen (secondary N) is 1. The summed E-state index contributed by atoms with van der Waals surface area (Å²) in [5, 5.41) is 8.73. The third-order valence-electron chi connectivity index (χ3n) is 3.23. The quantitative estimate of drug-likeness (QED) is 0.817. The van der Waals surface area contributed by atoms with Crippen LogP contribution in [0.25, 0.3) is 0 Å². The van der Waals surface area contributed by atoms with Gasteiger partial charge in [0.2, 0.25) is 5.91 Å². The monoisotopic (exact) mass is 237 g/mol. The average Bonchev–Trinajstić information content (AvgIpc) is 2.90. The van der Waals surface area contributed by atoms with Gasteiger partial charge in [-0.1, -0.05) is 0 Å². The van der Waals surface area contributed by atoms with Crippen molar-refractivity contribution < 1.29 is 9.90 Å². The van der Waals surface area contributed by atoms with E-state index in [1.165, 1.54) is 0 Å². The normalized spacial score (nSPS) is 20.5. The highest BCUT2D eigenvalue weighted by Gasteiger charge is 2.25. The maximum atomic E-state index is 11.9. The van der Waals surface area contributed by atoms with Crippen LogP contribution in [0.15, 0.2) is 12.4 Å². The van der Waals surface area contributed by atoms with Crippen molar-refractivity contribution >= 4 is 5.91 Å². The molecule has 0 aliphatic carbocycles. The van der Waals surface area contributed by atoms with Crippen molar-refractivity contribution in [3.05, 3.63) is 18.2 Å². The van der Waals surface area contributed by atoms with E-state index in [9.17, 15) is 4.79 Å². The highest BCUT2D eigenvalue weighted by atomic mass is 16.3. The van der Waals surface area contributed by atoms with E-state index < -0.39 is 0 Å². The van der Waals surface area contributed by atoms with Crippen LogP contribution >= 0.6 is 0 Å². The summed E-state index contributed by atoms with van der Waals surface area (Å²) in [7, 11) is 0. The summed E-state index contributed by atoms with van der Waals surface area (Å²) >= 11 is 0. The number of carbonyl (C=O) groups is 1. The summed E-state index contributed by atoms with van der Waals surface area (Å²) in [5.41, 5.74) is 0. The van der Waals surface area contributed by atoms with Gasteiger partial charge in [0, 0.05) is 44.4 Å². The standard InChI is InChI=1S/C12H19N3O2/c16-8-2-4-11(17)15-7-1-3-10(9-15)12-13-5-6-14-12/h5-6,10,16H,1-4,7-9H2,(H,13,14). The lowest BCUT2D eigenvalue weighted by Crippen LogP contribution is -2.39. The van der Waals surface area contributed by atoms with E-state index in [4.69, 9.17) is 5.11 Å². The number of aromatic nitrogens is 2. The molecule has 1 unspecified atom stereocenters. The van der Waals surface area contributed by atoms with Gasteiger partial charge in [-0.15, -0.1) is 0 Å². The molecule has 5 nitrogen and oxygen atoms in total. The summed E-state index contributed by atoms with van der Waals surface area (Å²) in [6.45, 7) is 1.67. The average molecular weight is 237 g/mol. The molecule has 2 N–H and O–H groups in total. The number of likely N-dealkylation sites (tertiary alicyclic amines) is 1. The molecule has 1 saturated heterocycles. The molecule has 0 aromatic carbocycles. The molecule has 1 aliphatic heterocycles. The Bertz CT molecular complexity index is 351. The first-order valence-electron chi connectivity index (χ1n) is 6.19. The minimum Gasteiger partial charge on any atom is -0.396 e. The molecule has 94 valence electrons.